The van der Waals surface area contributed by atoms with Gasteiger partial charge in [0, 0.05) is 10.2 Å². The lowest BCUT2D eigenvalue weighted by Gasteiger charge is -2.37. The standard InChI is InChI=1S/C24H31B2O4S2/c1-7-8-9-10-11-14-15-13-18(26-30-24(4,5)23(2,3)28)32-20(15)21-16(12-17(25)31-21)19(14)22(27)29-6/h12-13,28H,7-11H2,1-6H3. The van der Waals surface area contributed by atoms with E-state index in [4.69, 9.17) is 17.2 Å². The maximum atomic E-state index is 12.8. The van der Waals surface area contributed by atoms with E-state index in [0.29, 0.717) is 10.3 Å². The van der Waals surface area contributed by atoms with Gasteiger partial charge in [0.05, 0.1) is 33.3 Å². The molecule has 0 saturated heterocycles. The summed E-state index contributed by atoms with van der Waals surface area (Å²) in [5.41, 5.74) is -0.114. The molecule has 0 saturated carbocycles. The van der Waals surface area contributed by atoms with Crippen molar-refractivity contribution < 1.29 is 19.3 Å². The number of thiophene rings is 2. The lowest BCUT2D eigenvalue weighted by molar-refractivity contribution is -0.0892. The van der Waals surface area contributed by atoms with Crippen molar-refractivity contribution >= 4 is 73.7 Å². The maximum absolute atomic E-state index is 12.8. The van der Waals surface area contributed by atoms with Gasteiger partial charge in [0.15, 0.2) is 0 Å². The molecule has 0 aliphatic heterocycles. The molecule has 0 bridgehead atoms. The van der Waals surface area contributed by atoms with Gasteiger partial charge in [-0.1, -0.05) is 32.3 Å². The number of carbonyl (C=O) groups is 1. The number of aryl methyl sites for hydroxylation is 1. The number of benzene rings is 1. The van der Waals surface area contributed by atoms with E-state index in [1.54, 1.807) is 32.7 Å². The number of fused-ring (bicyclic) bond motifs is 3. The molecule has 2 aromatic heterocycles. The highest BCUT2D eigenvalue weighted by atomic mass is 32.1. The number of hydrogen-bond acceptors (Lipinski definition) is 6. The summed E-state index contributed by atoms with van der Waals surface area (Å²) >= 11 is 3.11. The Bertz CT molecular complexity index is 1110. The van der Waals surface area contributed by atoms with Crippen LogP contribution in [0, 0.1) is 0 Å². The topological polar surface area (TPSA) is 55.8 Å². The predicted molar refractivity (Wildman–Crippen MR) is 139 cm³/mol. The molecular weight excluding hydrogens is 438 g/mol. The Labute approximate surface area is 201 Å². The molecule has 3 aromatic rings. The van der Waals surface area contributed by atoms with Crippen LogP contribution in [0.2, 0.25) is 0 Å². The fourth-order valence-corrected chi connectivity index (χ4v) is 5.74. The third-order valence-electron chi connectivity index (χ3n) is 6.22. The fourth-order valence-electron chi connectivity index (χ4n) is 3.60. The lowest BCUT2D eigenvalue weighted by atomic mass is 9.85. The number of aliphatic hydroxyl groups is 1. The van der Waals surface area contributed by atoms with E-state index in [2.05, 4.69) is 13.0 Å². The highest BCUT2D eigenvalue weighted by Gasteiger charge is 2.36. The van der Waals surface area contributed by atoms with E-state index in [-0.39, 0.29) is 5.97 Å². The molecular formula is C24H31B2O4S2. The quantitative estimate of drug-likeness (QED) is 0.267. The van der Waals surface area contributed by atoms with Crippen LogP contribution < -0.4 is 9.55 Å². The molecule has 1 aromatic carbocycles. The van der Waals surface area contributed by atoms with Crippen LogP contribution in [0.5, 0.6) is 0 Å². The molecule has 32 heavy (non-hydrogen) atoms. The van der Waals surface area contributed by atoms with Crippen molar-refractivity contribution in [2.24, 2.45) is 0 Å². The fraction of sp³-hybridized carbons (Fsp3) is 0.542. The highest BCUT2D eigenvalue weighted by Crippen LogP contribution is 2.39. The molecule has 8 heteroatoms. The van der Waals surface area contributed by atoms with E-state index in [1.807, 2.05) is 19.9 Å². The summed E-state index contributed by atoms with van der Waals surface area (Å²) in [6.07, 6.45) is 5.26. The van der Waals surface area contributed by atoms with Gasteiger partial charge in [0.2, 0.25) is 0 Å². The smallest absolute Gasteiger partial charge is 0.341 e. The average molecular weight is 469 g/mol. The van der Waals surface area contributed by atoms with Gasteiger partial charge >= 0.3 is 13.5 Å². The molecule has 3 radical (unpaired) electrons. The number of esters is 1. The van der Waals surface area contributed by atoms with Crippen molar-refractivity contribution in [3.05, 3.63) is 23.3 Å². The van der Waals surface area contributed by atoms with Gasteiger partial charge in [-0.15, -0.1) is 11.3 Å². The predicted octanol–water partition coefficient (Wildman–Crippen LogP) is 4.63. The molecule has 2 heterocycles. The Morgan fingerprint density at radius 2 is 1.78 bits per heavy atom. The SMILES string of the molecule is [B]c1cc2c(C(=O)OC)c(CCCCCC)c3cc([B]OC(C)(C)C(C)(C)O)sc3c2s1. The zero-order valence-corrected chi connectivity index (χ0v) is 21.5. The number of ether oxygens (including phenoxy) is 1. The van der Waals surface area contributed by atoms with Crippen molar-refractivity contribution in [3.63, 3.8) is 0 Å². The Balaban J connectivity index is 2.12. The second-order valence-corrected chi connectivity index (χ2v) is 11.4. The third kappa shape index (κ3) is 5.09. The molecule has 3 rings (SSSR count). The number of unbranched alkanes of at least 4 members (excludes halogenated alkanes) is 3. The Kier molecular flexibility index (Phi) is 7.81. The second kappa shape index (κ2) is 9.88. The van der Waals surface area contributed by atoms with E-state index < -0.39 is 11.2 Å². The third-order valence-corrected chi connectivity index (χ3v) is 8.41. The Morgan fingerprint density at radius 3 is 2.41 bits per heavy atom. The van der Waals surface area contributed by atoms with Gasteiger partial charge in [-0.05, 0) is 62.3 Å². The summed E-state index contributed by atoms with van der Waals surface area (Å²) in [7, 11) is 9.30. The molecule has 0 amide bonds. The molecule has 4 nitrogen and oxygen atoms in total. The summed E-state index contributed by atoms with van der Waals surface area (Å²) in [6.45, 7) is 9.39. The van der Waals surface area contributed by atoms with Crippen molar-refractivity contribution in [1.29, 1.82) is 0 Å². The van der Waals surface area contributed by atoms with Gasteiger partial charge in [-0.2, -0.15) is 11.3 Å². The lowest BCUT2D eigenvalue weighted by Crippen LogP contribution is -2.49. The summed E-state index contributed by atoms with van der Waals surface area (Å²) < 4.78 is 14.9. The first-order valence-electron chi connectivity index (χ1n) is 11.1. The first kappa shape index (κ1) is 25.3. The van der Waals surface area contributed by atoms with Crippen LogP contribution in [0.1, 0.15) is 76.2 Å². The molecule has 169 valence electrons. The maximum Gasteiger partial charge on any atom is 0.341 e. The van der Waals surface area contributed by atoms with Crippen molar-refractivity contribution in [3.8, 4) is 0 Å². The summed E-state index contributed by atoms with van der Waals surface area (Å²) in [5.74, 6) is -0.323. The molecule has 0 atom stereocenters. The average Bonchev–Trinajstić information content (AvgIpc) is 3.31. The van der Waals surface area contributed by atoms with Crippen LogP contribution in [0.25, 0.3) is 20.2 Å². The number of rotatable bonds is 10. The zero-order valence-electron chi connectivity index (χ0n) is 19.8. The van der Waals surface area contributed by atoms with Gasteiger partial charge < -0.3 is 14.5 Å². The molecule has 0 aliphatic rings. The molecule has 0 aliphatic carbocycles. The van der Waals surface area contributed by atoms with Crippen LogP contribution in [-0.4, -0.2) is 44.7 Å². The Hall–Kier alpha value is -1.34. The highest BCUT2D eigenvalue weighted by molar-refractivity contribution is 7.34. The van der Waals surface area contributed by atoms with E-state index in [0.717, 1.165) is 56.2 Å². The summed E-state index contributed by atoms with van der Waals surface area (Å²) in [6, 6.07) is 3.97. The zero-order chi connectivity index (χ0) is 23.7. The number of methoxy groups -OCH3 is 1. The van der Waals surface area contributed by atoms with Gasteiger partial charge in [0.25, 0.3) is 0 Å². The minimum Gasteiger partial charge on any atom is -0.465 e. The van der Waals surface area contributed by atoms with Crippen LogP contribution in [-0.2, 0) is 15.8 Å². The van der Waals surface area contributed by atoms with Crippen molar-refractivity contribution in [1.82, 2.24) is 0 Å². The van der Waals surface area contributed by atoms with Gasteiger partial charge in [-0.25, -0.2) is 4.79 Å². The van der Waals surface area contributed by atoms with Crippen LogP contribution in [0.15, 0.2) is 12.1 Å². The van der Waals surface area contributed by atoms with Crippen LogP contribution in [0.3, 0.4) is 0 Å². The Morgan fingerprint density at radius 1 is 1.09 bits per heavy atom. The second-order valence-electron chi connectivity index (χ2n) is 9.24. The monoisotopic (exact) mass is 469 g/mol. The number of carbonyl (C=O) groups excluding carboxylic acids is 1. The largest absolute Gasteiger partial charge is 0.465 e. The first-order chi connectivity index (χ1) is 15.0. The van der Waals surface area contributed by atoms with Gasteiger partial charge in [0.1, 0.15) is 7.85 Å². The minimum absolute atomic E-state index is 0.323. The summed E-state index contributed by atoms with van der Waals surface area (Å²) in [5, 5.41) is 12.3. The number of hydrogen-bond donors (Lipinski definition) is 1. The van der Waals surface area contributed by atoms with Crippen LogP contribution >= 0.6 is 22.7 Å². The van der Waals surface area contributed by atoms with E-state index >= 15 is 0 Å². The van der Waals surface area contributed by atoms with Crippen molar-refractivity contribution in [2.45, 2.75) is 77.9 Å². The molecule has 0 unspecified atom stereocenters. The first-order valence-corrected chi connectivity index (χ1v) is 12.7. The summed E-state index contributed by atoms with van der Waals surface area (Å²) in [4.78, 5) is 12.8. The van der Waals surface area contributed by atoms with E-state index in [9.17, 15) is 9.90 Å². The van der Waals surface area contributed by atoms with Crippen LogP contribution in [0.4, 0.5) is 0 Å². The molecule has 0 fully saturated rings. The van der Waals surface area contributed by atoms with E-state index in [1.165, 1.54) is 24.9 Å². The molecule has 0 spiro atoms. The minimum atomic E-state index is -1.00. The normalized spacial score (nSPS) is 12.6. The molecule has 1 N–H and O–H groups in total. The van der Waals surface area contributed by atoms with Gasteiger partial charge in [-0.3, -0.25) is 0 Å². The van der Waals surface area contributed by atoms with Crippen molar-refractivity contribution in [2.75, 3.05) is 7.11 Å².